The fourth-order valence-electron chi connectivity index (χ4n) is 2.97. The predicted octanol–water partition coefficient (Wildman–Crippen LogP) is 4.01. The number of hydrogen-bond acceptors (Lipinski definition) is 4. The van der Waals surface area contributed by atoms with Crippen molar-refractivity contribution in [2.75, 3.05) is 6.54 Å². The van der Waals surface area contributed by atoms with Gasteiger partial charge in [0.15, 0.2) is 5.96 Å². The lowest BCUT2D eigenvalue weighted by atomic mass is 10.1. The molecule has 0 saturated heterocycles. The third-order valence-electron chi connectivity index (χ3n) is 4.91. The van der Waals surface area contributed by atoms with Gasteiger partial charge in [-0.2, -0.15) is 0 Å². The zero-order chi connectivity index (χ0) is 22.1. The third-order valence-corrected chi connectivity index (χ3v) is 4.91. The Labute approximate surface area is 184 Å². The largest absolute Gasteiger partial charge is 0.490 e. The van der Waals surface area contributed by atoms with Crippen LogP contribution in [0, 0.1) is 6.92 Å². The molecule has 0 radical (unpaired) electrons. The molecule has 0 saturated carbocycles. The van der Waals surface area contributed by atoms with Crippen LogP contribution in [-0.4, -0.2) is 33.1 Å². The smallest absolute Gasteiger partial charge is 0.191 e. The summed E-state index contributed by atoms with van der Waals surface area (Å²) in [7, 11) is 0. The van der Waals surface area contributed by atoms with Crippen LogP contribution in [0.2, 0.25) is 0 Å². The fraction of sp³-hybridized carbons (Fsp3) is 0.375. The van der Waals surface area contributed by atoms with Crippen LogP contribution in [0.15, 0.2) is 60.2 Å². The van der Waals surface area contributed by atoms with Crippen molar-refractivity contribution in [3.8, 4) is 11.6 Å². The van der Waals surface area contributed by atoms with Crippen LogP contribution < -0.4 is 15.4 Å². The summed E-state index contributed by atoms with van der Waals surface area (Å²) in [6, 6.07) is 10.3. The first-order valence-corrected chi connectivity index (χ1v) is 10.8. The monoisotopic (exact) mass is 420 g/mol. The molecule has 0 aliphatic rings. The molecule has 1 unspecified atom stereocenters. The Bertz CT molecular complexity index is 966. The predicted molar refractivity (Wildman–Crippen MR) is 125 cm³/mol. The van der Waals surface area contributed by atoms with E-state index in [4.69, 9.17) is 9.73 Å². The maximum Gasteiger partial charge on any atom is 0.191 e. The van der Waals surface area contributed by atoms with Gasteiger partial charge < -0.3 is 15.4 Å². The zero-order valence-electron chi connectivity index (χ0n) is 18.8. The molecule has 0 aliphatic heterocycles. The molecule has 2 heterocycles. The highest BCUT2D eigenvalue weighted by atomic mass is 16.5. The molecule has 7 nitrogen and oxygen atoms in total. The van der Waals surface area contributed by atoms with Crippen LogP contribution in [0.5, 0.6) is 5.75 Å². The highest BCUT2D eigenvalue weighted by Crippen LogP contribution is 2.22. The summed E-state index contributed by atoms with van der Waals surface area (Å²) in [5.74, 6) is 2.52. The molecule has 2 aromatic heterocycles. The number of hydrogen-bond donors (Lipinski definition) is 2. The first-order valence-electron chi connectivity index (χ1n) is 10.8. The van der Waals surface area contributed by atoms with Crippen LogP contribution in [0.1, 0.15) is 43.9 Å². The van der Waals surface area contributed by atoms with E-state index >= 15 is 0 Å². The van der Waals surface area contributed by atoms with Gasteiger partial charge in [0.25, 0.3) is 0 Å². The number of aromatic nitrogens is 3. The fourth-order valence-corrected chi connectivity index (χ4v) is 2.97. The molecule has 3 rings (SSSR count). The van der Waals surface area contributed by atoms with Gasteiger partial charge in [-0.3, -0.25) is 4.57 Å². The Hall–Kier alpha value is -3.35. The molecule has 1 atom stereocenters. The van der Waals surface area contributed by atoms with Crippen molar-refractivity contribution in [3.05, 3.63) is 71.9 Å². The Balaban J connectivity index is 1.65. The molecule has 1 aromatic carbocycles. The minimum atomic E-state index is 0.181. The number of aryl methyl sites for hydroxylation is 1. The van der Waals surface area contributed by atoms with Crippen LogP contribution in [0.25, 0.3) is 5.82 Å². The van der Waals surface area contributed by atoms with Crippen molar-refractivity contribution >= 4 is 5.96 Å². The summed E-state index contributed by atoms with van der Waals surface area (Å²) in [6.45, 7) is 10.3. The summed E-state index contributed by atoms with van der Waals surface area (Å²) in [5.41, 5.74) is 3.34. The Morgan fingerprint density at radius 3 is 2.74 bits per heavy atom. The molecular formula is C24H32N6O. The van der Waals surface area contributed by atoms with E-state index in [-0.39, 0.29) is 6.10 Å². The van der Waals surface area contributed by atoms with Crippen LogP contribution >= 0.6 is 0 Å². The maximum atomic E-state index is 6.12. The van der Waals surface area contributed by atoms with Crippen molar-refractivity contribution in [2.45, 2.75) is 53.3 Å². The van der Waals surface area contributed by atoms with Gasteiger partial charge in [-0.05, 0) is 50.5 Å². The molecule has 7 heteroatoms. The Morgan fingerprint density at radius 1 is 1.19 bits per heavy atom. The number of rotatable bonds is 9. The maximum absolute atomic E-state index is 6.12. The highest BCUT2D eigenvalue weighted by Gasteiger charge is 2.09. The van der Waals surface area contributed by atoms with Gasteiger partial charge in [-0.1, -0.05) is 25.1 Å². The highest BCUT2D eigenvalue weighted by molar-refractivity contribution is 5.79. The SMILES string of the molecule is CCNC(=NCc1ccc(-n2ccnc2)nc1)NCc1ccc(C)cc1OC(C)CC. The quantitative estimate of drug-likeness (QED) is 0.404. The van der Waals surface area contributed by atoms with Crippen LogP contribution in [0.4, 0.5) is 0 Å². The second-order valence-electron chi connectivity index (χ2n) is 7.49. The van der Waals surface area contributed by atoms with Gasteiger partial charge in [-0.15, -0.1) is 0 Å². The zero-order valence-corrected chi connectivity index (χ0v) is 18.8. The number of pyridine rings is 1. The summed E-state index contributed by atoms with van der Waals surface area (Å²) in [5, 5.41) is 6.72. The summed E-state index contributed by atoms with van der Waals surface area (Å²) >= 11 is 0. The average molecular weight is 421 g/mol. The number of benzene rings is 1. The first-order chi connectivity index (χ1) is 15.1. The second-order valence-corrected chi connectivity index (χ2v) is 7.49. The van der Waals surface area contributed by atoms with E-state index in [2.05, 4.69) is 66.5 Å². The van der Waals surface area contributed by atoms with E-state index in [0.29, 0.717) is 13.1 Å². The molecule has 31 heavy (non-hydrogen) atoms. The third kappa shape index (κ3) is 6.57. The van der Waals surface area contributed by atoms with Gasteiger partial charge in [0, 0.05) is 37.2 Å². The van der Waals surface area contributed by atoms with E-state index < -0.39 is 0 Å². The first kappa shape index (κ1) is 22.3. The molecule has 0 spiro atoms. The summed E-state index contributed by atoms with van der Waals surface area (Å²) < 4.78 is 8.00. The molecule has 0 amide bonds. The topological polar surface area (TPSA) is 76.4 Å². The average Bonchev–Trinajstić information content (AvgIpc) is 3.32. The summed E-state index contributed by atoms with van der Waals surface area (Å²) in [4.78, 5) is 13.3. The molecule has 0 aliphatic carbocycles. The minimum Gasteiger partial charge on any atom is -0.490 e. The standard InChI is InChI=1S/C24H32N6O/c1-5-19(4)31-22-13-18(3)7-9-21(22)16-29-24(26-6-2)28-15-20-8-10-23(27-14-20)30-12-11-25-17-30/h7-14,17,19H,5-6,15-16H2,1-4H3,(H2,26,28,29). The van der Waals surface area contributed by atoms with Crippen LogP contribution in [0.3, 0.4) is 0 Å². The van der Waals surface area contributed by atoms with Crippen molar-refractivity contribution in [2.24, 2.45) is 4.99 Å². The van der Waals surface area contributed by atoms with Crippen molar-refractivity contribution in [1.82, 2.24) is 25.2 Å². The van der Waals surface area contributed by atoms with Crippen molar-refractivity contribution in [3.63, 3.8) is 0 Å². The summed E-state index contributed by atoms with van der Waals surface area (Å²) in [6.07, 6.45) is 8.34. The van der Waals surface area contributed by atoms with E-state index in [1.807, 2.05) is 29.1 Å². The number of imidazole rings is 1. The lowest BCUT2D eigenvalue weighted by Crippen LogP contribution is -2.37. The van der Waals surface area contributed by atoms with E-state index in [1.54, 1.807) is 12.5 Å². The second kappa shape index (κ2) is 11.2. The number of nitrogens with one attached hydrogen (secondary N) is 2. The van der Waals surface area contributed by atoms with Gasteiger partial charge in [0.05, 0.1) is 12.6 Å². The molecular weight excluding hydrogens is 388 g/mol. The molecule has 2 N–H and O–H groups in total. The number of aliphatic imine (C=N–C) groups is 1. The van der Waals surface area contributed by atoms with Crippen LogP contribution in [-0.2, 0) is 13.1 Å². The van der Waals surface area contributed by atoms with Gasteiger partial charge >= 0.3 is 0 Å². The molecule has 0 fully saturated rings. The van der Waals surface area contributed by atoms with E-state index in [1.165, 1.54) is 5.56 Å². The van der Waals surface area contributed by atoms with E-state index in [0.717, 1.165) is 41.6 Å². The van der Waals surface area contributed by atoms with Crippen molar-refractivity contribution in [1.29, 1.82) is 0 Å². The molecule has 164 valence electrons. The molecule has 0 bridgehead atoms. The van der Waals surface area contributed by atoms with Gasteiger partial charge in [0.2, 0.25) is 0 Å². The lowest BCUT2D eigenvalue weighted by Gasteiger charge is -2.18. The van der Waals surface area contributed by atoms with Gasteiger partial charge in [0.1, 0.15) is 17.9 Å². The molecule has 3 aromatic rings. The number of nitrogens with zero attached hydrogens (tertiary/aromatic N) is 4. The van der Waals surface area contributed by atoms with Crippen molar-refractivity contribution < 1.29 is 4.74 Å². The Kier molecular flexibility index (Phi) is 8.04. The van der Waals surface area contributed by atoms with E-state index in [9.17, 15) is 0 Å². The Morgan fingerprint density at radius 2 is 2.06 bits per heavy atom. The normalized spacial score (nSPS) is 12.5. The number of ether oxygens (including phenoxy) is 1. The van der Waals surface area contributed by atoms with Gasteiger partial charge in [-0.25, -0.2) is 15.0 Å². The lowest BCUT2D eigenvalue weighted by molar-refractivity contribution is 0.215. The number of guanidine groups is 1. The minimum absolute atomic E-state index is 0.181.